The SMILES string of the molecule is NC1CCCC(C(=O)Nc2ccc(C(=O)N3CCCC3c3ccccc3)cc2)C1. The van der Waals surface area contributed by atoms with Gasteiger partial charge in [0.1, 0.15) is 0 Å². The number of nitrogens with two attached hydrogens (primary N) is 1. The van der Waals surface area contributed by atoms with Crippen LogP contribution in [0.1, 0.15) is 60.5 Å². The second-order valence-electron chi connectivity index (χ2n) is 8.26. The number of rotatable bonds is 4. The summed E-state index contributed by atoms with van der Waals surface area (Å²) in [6, 6.07) is 17.7. The Morgan fingerprint density at radius 1 is 0.931 bits per heavy atom. The van der Waals surface area contributed by atoms with Crippen molar-refractivity contribution in [3.8, 4) is 0 Å². The Bertz CT molecular complexity index is 850. The number of benzene rings is 2. The van der Waals surface area contributed by atoms with Crippen molar-refractivity contribution in [2.45, 2.75) is 50.6 Å². The lowest BCUT2D eigenvalue weighted by Gasteiger charge is -2.26. The molecule has 2 aromatic rings. The van der Waals surface area contributed by atoms with Gasteiger partial charge in [-0.3, -0.25) is 9.59 Å². The van der Waals surface area contributed by atoms with Crippen LogP contribution in [0.3, 0.4) is 0 Å². The van der Waals surface area contributed by atoms with Crippen LogP contribution in [0.5, 0.6) is 0 Å². The van der Waals surface area contributed by atoms with Gasteiger partial charge in [-0.1, -0.05) is 36.8 Å². The first-order valence-electron chi connectivity index (χ1n) is 10.6. The maximum atomic E-state index is 13.1. The molecular weight excluding hydrogens is 362 g/mol. The molecule has 152 valence electrons. The molecular formula is C24H29N3O2. The Hall–Kier alpha value is -2.66. The number of amides is 2. The van der Waals surface area contributed by atoms with Crippen molar-refractivity contribution in [2.24, 2.45) is 11.7 Å². The van der Waals surface area contributed by atoms with Crippen molar-refractivity contribution in [3.05, 3.63) is 65.7 Å². The maximum absolute atomic E-state index is 13.1. The van der Waals surface area contributed by atoms with E-state index >= 15 is 0 Å². The highest BCUT2D eigenvalue weighted by atomic mass is 16.2. The zero-order chi connectivity index (χ0) is 20.2. The first-order chi connectivity index (χ1) is 14.1. The molecule has 2 fully saturated rings. The minimum atomic E-state index is -0.0173. The number of likely N-dealkylation sites (tertiary alicyclic amines) is 1. The van der Waals surface area contributed by atoms with E-state index in [0.29, 0.717) is 5.56 Å². The first kappa shape index (κ1) is 19.6. The van der Waals surface area contributed by atoms with Crippen molar-refractivity contribution in [1.29, 1.82) is 0 Å². The molecule has 0 bridgehead atoms. The van der Waals surface area contributed by atoms with Crippen LogP contribution < -0.4 is 11.1 Å². The van der Waals surface area contributed by atoms with Gasteiger partial charge in [-0.2, -0.15) is 0 Å². The molecule has 0 aromatic heterocycles. The second kappa shape index (κ2) is 8.78. The van der Waals surface area contributed by atoms with Crippen molar-refractivity contribution in [3.63, 3.8) is 0 Å². The van der Waals surface area contributed by atoms with E-state index in [2.05, 4.69) is 17.4 Å². The third-order valence-electron chi connectivity index (χ3n) is 6.18. The molecule has 1 saturated heterocycles. The molecule has 3 unspecified atom stereocenters. The topological polar surface area (TPSA) is 75.4 Å². The molecule has 0 spiro atoms. The predicted molar refractivity (Wildman–Crippen MR) is 114 cm³/mol. The molecule has 1 saturated carbocycles. The molecule has 2 amide bonds. The molecule has 0 radical (unpaired) electrons. The van der Waals surface area contributed by atoms with Crippen LogP contribution in [-0.4, -0.2) is 29.3 Å². The molecule has 1 heterocycles. The van der Waals surface area contributed by atoms with Crippen molar-refractivity contribution < 1.29 is 9.59 Å². The summed E-state index contributed by atoms with van der Waals surface area (Å²) < 4.78 is 0. The third kappa shape index (κ3) is 4.51. The Kier molecular flexibility index (Phi) is 5.95. The van der Waals surface area contributed by atoms with E-state index < -0.39 is 0 Å². The van der Waals surface area contributed by atoms with Crippen molar-refractivity contribution >= 4 is 17.5 Å². The average molecular weight is 392 g/mol. The number of carbonyl (C=O) groups is 2. The third-order valence-corrected chi connectivity index (χ3v) is 6.18. The Morgan fingerprint density at radius 2 is 1.69 bits per heavy atom. The van der Waals surface area contributed by atoms with Crippen molar-refractivity contribution in [2.75, 3.05) is 11.9 Å². The molecule has 3 N–H and O–H groups in total. The molecule has 2 aliphatic rings. The number of hydrogen-bond acceptors (Lipinski definition) is 3. The number of nitrogens with one attached hydrogen (secondary N) is 1. The minimum absolute atomic E-state index is 0.0173. The van der Waals surface area contributed by atoms with Gasteiger partial charge in [-0.25, -0.2) is 0 Å². The van der Waals surface area contributed by atoms with Crippen LogP contribution in [0, 0.1) is 5.92 Å². The van der Waals surface area contributed by atoms with Crippen LogP contribution in [0.25, 0.3) is 0 Å². The number of hydrogen-bond donors (Lipinski definition) is 2. The molecule has 3 atom stereocenters. The Morgan fingerprint density at radius 3 is 2.41 bits per heavy atom. The molecule has 29 heavy (non-hydrogen) atoms. The smallest absolute Gasteiger partial charge is 0.254 e. The maximum Gasteiger partial charge on any atom is 0.254 e. The summed E-state index contributed by atoms with van der Waals surface area (Å²) in [6.45, 7) is 0.777. The quantitative estimate of drug-likeness (QED) is 0.823. The van der Waals surface area contributed by atoms with Gasteiger partial charge in [-0.05, 0) is 61.9 Å². The number of carbonyl (C=O) groups excluding carboxylic acids is 2. The normalized spacial score (nSPS) is 24.3. The summed E-state index contributed by atoms with van der Waals surface area (Å²) in [5, 5.41) is 2.98. The van der Waals surface area contributed by atoms with Gasteiger partial charge in [0.25, 0.3) is 5.91 Å². The first-order valence-corrected chi connectivity index (χ1v) is 10.6. The van der Waals surface area contributed by atoms with Gasteiger partial charge >= 0.3 is 0 Å². The fourth-order valence-corrected chi connectivity index (χ4v) is 4.60. The Labute approximate surface area is 172 Å². The van der Waals surface area contributed by atoms with Crippen LogP contribution in [0.4, 0.5) is 5.69 Å². The highest BCUT2D eigenvalue weighted by Gasteiger charge is 2.30. The molecule has 1 aliphatic carbocycles. The van der Waals surface area contributed by atoms with E-state index in [1.807, 2.05) is 47.4 Å². The largest absolute Gasteiger partial charge is 0.332 e. The monoisotopic (exact) mass is 391 g/mol. The summed E-state index contributed by atoms with van der Waals surface area (Å²) in [6.07, 6.45) is 5.66. The predicted octanol–water partition coefficient (Wildman–Crippen LogP) is 4.12. The van der Waals surface area contributed by atoms with E-state index in [1.54, 1.807) is 0 Å². The molecule has 4 rings (SSSR count). The molecule has 2 aromatic carbocycles. The number of nitrogens with zero attached hydrogens (tertiary/aromatic N) is 1. The molecule has 1 aliphatic heterocycles. The summed E-state index contributed by atoms with van der Waals surface area (Å²) in [5.41, 5.74) is 8.57. The van der Waals surface area contributed by atoms with Crippen LogP contribution in [0.2, 0.25) is 0 Å². The summed E-state index contributed by atoms with van der Waals surface area (Å²) in [7, 11) is 0. The van der Waals surface area contributed by atoms with Crippen LogP contribution in [0.15, 0.2) is 54.6 Å². The fourth-order valence-electron chi connectivity index (χ4n) is 4.60. The Balaban J connectivity index is 1.41. The van der Waals surface area contributed by atoms with E-state index in [0.717, 1.165) is 50.8 Å². The minimum Gasteiger partial charge on any atom is -0.332 e. The highest BCUT2D eigenvalue weighted by molar-refractivity contribution is 5.96. The lowest BCUT2D eigenvalue weighted by atomic mass is 9.85. The second-order valence-corrected chi connectivity index (χ2v) is 8.26. The molecule has 5 heteroatoms. The van der Waals surface area contributed by atoms with Crippen LogP contribution >= 0.6 is 0 Å². The van der Waals surface area contributed by atoms with Crippen molar-refractivity contribution in [1.82, 2.24) is 4.90 Å². The average Bonchev–Trinajstić information content (AvgIpc) is 3.24. The van der Waals surface area contributed by atoms with Gasteiger partial charge in [0.2, 0.25) is 5.91 Å². The van der Waals surface area contributed by atoms with E-state index in [4.69, 9.17) is 5.73 Å². The van der Waals surface area contributed by atoms with Gasteiger partial charge in [0.05, 0.1) is 6.04 Å². The van der Waals surface area contributed by atoms with Gasteiger partial charge < -0.3 is 16.0 Å². The van der Waals surface area contributed by atoms with E-state index in [9.17, 15) is 9.59 Å². The zero-order valence-corrected chi connectivity index (χ0v) is 16.7. The van der Waals surface area contributed by atoms with E-state index in [1.165, 1.54) is 5.56 Å². The number of anilines is 1. The van der Waals surface area contributed by atoms with Crippen LogP contribution in [-0.2, 0) is 4.79 Å². The lowest BCUT2D eigenvalue weighted by molar-refractivity contribution is -0.120. The summed E-state index contributed by atoms with van der Waals surface area (Å²) in [5.74, 6) is 0.0617. The summed E-state index contributed by atoms with van der Waals surface area (Å²) in [4.78, 5) is 27.5. The fraction of sp³-hybridized carbons (Fsp3) is 0.417. The van der Waals surface area contributed by atoms with Gasteiger partial charge in [-0.15, -0.1) is 0 Å². The van der Waals surface area contributed by atoms with Gasteiger partial charge in [0.15, 0.2) is 0 Å². The van der Waals surface area contributed by atoms with Gasteiger partial charge in [0, 0.05) is 29.8 Å². The molecule has 5 nitrogen and oxygen atoms in total. The highest BCUT2D eigenvalue weighted by Crippen LogP contribution is 2.33. The standard InChI is InChI=1S/C24H29N3O2/c25-20-9-4-8-19(16-20)23(28)26-21-13-11-18(12-14-21)24(29)27-15-5-10-22(27)17-6-2-1-3-7-17/h1-3,6-7,11-14,19-20,22H,4-5,8-10,15-16,25H2,(H,26,28). The summed E-state index contributed by atoms with van der Waals surface area (Å²) >= 11 is 0. The zero-order valence-electron chi connectivity index (χ0n) is 16.7. The van der Waals surface area contributed by atoms with E-state index in [-0.39, 0.29) is 29.8 Å². The lowest BCUT2D eigenvalue weighted by Crippen LogP contribution is -2.34.